The SMILES string of the molecule is CCNC(=O)C=CC(=O)OC. The van der Waals surface area contributed by atoms with Gasteiger partial charge in [0.25, 0.3) is 0 Å². The molecule has 0 fully saturated rings. The molecule has 0 saturated heterocycles. The molecule has 62 valence electrons. The molecule has 0 aliphatic carbocycles. The third kappa shape index (κ3) is 5.14. The van der Waals surface area contributed by atoms with Gasteiger partial charge in [0.15, 0.2) is 0 Å². The Labute approximate surface area is 65.2 Å². The lowest BCUT2D eigenvalue weighted by atomic mass is 10.4. The zero-order chi connectivity index (χ0) is 8.69. The second-order valence-corrected chi connectivity index (χ2v) is 1.75. The van der Waals surface area contributed by atoms with E-state index in [4.69, 9.17) is 0 Å². The normalized spacial score (nSPS) is 9.64. The number of hydrogen-bond acceptors (Lipinski definition) is 3. The first-order chi connectivity index (χ1) is 5.20. The molecule has 1 N–H and O–H groups in total. The minimum absolute atomic E-state index is 0.294. The highest BCUT2D eigenvalue weighted by Crippen LogP contribution is 1.77. The number of amides is 1. The van der Waals surface area contributed by atoms with Crippen LogP contribution in [0.3, 0.4) is 0 Å². The van der Waals surface area contributed by atoms with Crippen molar-refractivity contribution in [3.05, 3.63) is 12.2 Å². The molecule has 0 aliphatic heterocycles. The van der Waals surface area contributed by atoms with E-state index in [9.17, 15) is 9.59 Å². The first-order valence-electron chi connectivity index (χ1n) is 3.24. The van der Waals surface area contributed by atoms with E-state index in [0.29, 0.717) is 6.54 Å². The molecule has 0 saturated carbocycles. The largest absolute Gasteiger partial charge is 0.466 e. The lowest BCUT2D eigenvalue weighted by molar-refractivity contribution is -0.135. The summed E-state index contributed by atoms with van der Waals surface area (Å²) in [5.74, 6) is -0.825. The Kier molecular flexibility index (Phi) is 4.81. The topological polar surface area (TPSA) is 55.4 Å². The summed E-state index contributed by atoms with van der Waals surface area (Å²) in [6.07, 6.45) is 2.21. The number of ether oxygens (including phenoxy) is 1. The summed E-state index contributed by atoms with van der Waals surface area (Å²) in [7, 11) is 1.25. The van der Waals surface area contributed by atoms with Crippen molar-refractivity contribution in [1.82, 2.24) is 5.32 Å². The molecular weight excluding hydrogens is 146 g/mol. The predicted molar refractivity (Wildman–Crippen MR) is 39.8 cm³/mol. The Bertz CT molecular complexity index is 175. The van der Waals surface area contributed by atoms with Gasteiger partial charge in [0.2, 0.25) is 5.91 Å². The third-order valence-corrected chi connectivity index (χ3v) is 0.923. The van der Waals surface area contributed by atoms with E-state index in [1.54, 1.807) is 6.92 Å². The Morgan fingerprint density at radius 2 is 2.09 bits per heavy atom. The molecule has 0 radical (unpaired) electrons. The van der Waals surface area contributed by atoms with E-state index in [1.807, 2.05) is 0 Å². The van der Waals surface area contributed by atoms with Gasteiger partial charge in [-0.15, -0.1) is 0 Å². The van der Waals surface area contributed by atoms with Crippen molar-refractivity contribution in [2.24, 2.45) is 0 Å². The van der Waals surface area contributed by atoms with E-state index in [0.717, 1.165) is 12.2 Å². The van der Waals surface area contributed by atoms with E-state index >= 15 is 0 Å². The Balaban J connectivity index is 3.73. The van der Waals surface area contributed by atoms with Gasteiger partial charge in [-0.1, -0.05) is 0 Å². The number of carbonyl (C=O) groups excluding carboxylic acids is 2. The second kappa shape index (κ2) is 5.46. The number of carbonyl (C=O) groups is 2. The Hall–Kier alpha value is -1.32. The molecule has 0 aromatic carbocycles. The molecule has 0 atom stereocenters. The van der Waals surface area contributed by atoms with Crippen molar-refractivity contribution in [3.63, 3.8) is 0 Å². The fourth-order valence-electron chi connectivity index (χ4n) is 0.445. The summed E-state index contributed by atoms with van der Waals surface area (Å²) in [6, 6.07) is 0. The molecule has 0 aromatic rings. The Morgan fingerprint density at radius 1 is 1.45 bits per heavy atom. The van der Waals surface area contributed by atoms with Crippen LogP contribution >= 0.6 is 0 Å². The van der Waals surface area contributed by atoms with Gasteiger partial charge in [0.05, 0.1) is 7.11 Å². The van der Waals surface area contributed by atoms with E-state index in [1.165, 1.54) is 7.11 Å². The van der Waals surface area contributed by atoms with E-state index in [2.05, 4.69) is 10.1 Å². The van der Waals surface area contributed by atoms with Gasteiger partial charge in [-0.3, -0.25) is 4.79 Å². The standard InChI is InChI=1S/C7H11NO3/c1-3-8-6(9)4-5-7(10)11-2/h4-5H,3H2,1-2H3,(H,8,9). The summed E-state index contributed by atoms with van der Waals surface area (Å²) in [5.41, 5.74) is 0. The van der Waals surface area contributed by atoms with Gasteiger partial charge in [0, 0.05) is 18.7 Å². The van der Waals surface area contributed by atoms with Gasteiger partial charge in [-0.25, -0.2) is 4.79 Å². The van der Waals surface area contributed by atoms with Crippen molar-refractivity contribution >= 4 is 11.9 Å². The summed E-state index contributed by atoms with van der Waals surface area (Å²) < 4.78 is 4.27. The van der Waals surface area contributed by atoms with Crippen molar-refractivity contribution in [3.8, 4) is 0 Å². The van der Waals surface area contributed by atoms with Gasteiger partial charge < -0.3 is 10.1 Å². The van der Waals surface area contributed by atoms with E-state index < -0.39 is 5.97 Å². The first kappa shape index (κ1) is 9.68. The van der Waals surface area contributed by atoms with Crippen LogP contribution in [0.25, 0.3) is 0 Å². The third-order valence-electron chi connectivity index (χ3n) is 0.923. The average Bonchev–Trinajstić information content (AvgIpc) is 2.01. The monoisotopic (exact) mass is 157 g/mol. The summed E-state index contributed by atoms with van der Waals surface area (Å²) in [4.78, 5) is 21.1. The fraction of sp³-hybridized carbons (Fsp3) is 0.429. The highest BCUT2D eigenvalue weighted by molar-refractivity contribution is 5.94. The van der Waals surface area contributed by atoms with Gasteiger partial charge in [-0.2, -0.15) is 0 Å². The molecule has 0 rings (SSSR count). The number of hydrogen-bond donors (Lipinski definition) is 1. The quantitative estimate of drug-likeness (QED) is 0.458. The molecule has 4 heteroatoms. The molecular formula is C7H11NO3. The van der Waals surface area contributed by atoms with Gasteiger partial charge >= 0.3 is 5.97 Å². The molecule has 0 bridgehead atoms. The fourth-order valence-corrected chi connectivity index (χ4v) is 0.445. The molecule has 0 heterocycles. The van der Waals surface area contributed by atoms with Crippen LogP contribution in [0.2, 0.25) is 0 Å². The average molecular weight is 157 g/mol. The van der Waals surface area contributed by atoms with Crippen molar-refractivity contribution in [2.45, 2.75) is 6.92 Å². The molecule has 1 amide bonds. The van der Waals surface area contributed by atoms with Crippen LogP contribution in [0, 0.1) is 0 Å². The van der Waals surface area contributed by atoms with Crippen LogP contribution in [0.1, 0.15) is 6.92 Å². The summed E-state index contributed by atoms with van der Waals surface area (Å²) in [6.45, 7) is 2.34. The van der Waals surface area contributed by atoms with Gasteiger partial charge in [-0.05, 0) is 6.92 Å². The number of rotatable bonds is 3. The van der Waals surface area contributed by atoms with Crippen molar-refractivity contribution in [1.29, 1.82) is 0 Å². The van der Waals surface area contributed by atoms with Crippen molar-refractivity contribution in [2.75, 3.05) is 13.7 Å². The zero-order valence-corrected chi connectivity index (χ0v) is 6.59. The number of esters is 1. The molecule has 0 aromatic heterocycles. The molecule has 0 unspecified atom stereocenters. The van der Waals surface area contributed by atoms with E-state index in [-0.39, 0.29) is 5.91 Å². The number of likely N-dealkylation sites (N-methyl/N-ethyl adjacent to an activating group) is 1. The minimum Gasteiger partial charge on any atom is -0.466 e. The molecule has 4 nitrogen and oxygen atoms in total. The van der Waals surface area contributed by atoms with Crippen LogP contribution < -0.4 is 5.32 Å². The lowest BCUT2D eigenvalue weighted by Gasteiger charge is -1.93. The maximum absolute atomic E-state index is 10.7. The summed E-state index contributed by atoms with van der Waals surface area (Å²) in [5, 5.41) is 2.49. The predicted octanol–water partition coefficient (Wildman–Crippen LogP) is -0.148. The number of nitrogens with one attached hydrogen (secondary N) is 1. The highest BCUT2D eigenvalue weighted by Gasteiger charge is 1.94. The van der Waals surface area contributed by atoms with Crippen LogP contribution in [-0.2, 0) is 14.3 Å². The van der Waals surface area contributed by atoms with Crippen molar-refractivity contribution < 1.29 is 14.3 Å². The minimum atomic E-state index is -0.531. The van der Waals surface area contributed by atoms with Crippen LogP contribution in [0.4, 0.5) is 0 Å². The van der Waals surface area contributed by atoms with Gasteiger partial charge in [0.1, 0.15) is 0 Å². The first-order valence-corrected chi connectivity index (χ1v) is 3.24. The molecule has 11 heavy (non-hydrogen) atoms. The molecule has 0 spiro atoms. The maximum Gasteiger partial charge on any atom is 0.330 e. The zero-order valence-electron chi connectivity index (χ0n) is 6.59. The molecule has 0 aliphatic rings. The maximum atomic E-state index is 10.7. The smallest absolute Gasteiger partial charge is 0.330 e. The van der Waals surface area contributed by atoms with Crippen LogP contribution in [0.5, 0.6) is 0 Å². The van der Waals surface area contributed by atoms with Crippen LogP contribution in [0.15, 0.2) is 12.2 Å². The summed E-state index contributed by atoms with van der Waals surface area (Å²) >= 11 is 0. The Morgan fingerprint density at radius 3 is 2.55 bits per heavy atom. The highest BCUT2D eigenvalue weighted by atomic mass is 16.5. The lowest BCUT2D eigenvalue weighted by Crippen LogP contribution is -2.20. The second-order valence-electron chi connectivity index (χ2n) is 1.75. The van der Waals surface area contributed by atoms with Crippen LogP contribution in [-0.4, -0.2) is 25.5 Å². The number of methoxy groups -OCH3 is 1.